The van der Waals surface area contributed by atoms with Crippen LogP contribution < -0.4 is 4.90 Å². The van der Waals surface area contributed by atoms with Crippen LogP contribution >= 0.6 is 0 Å². The zero-order valence-electron chi connectivity index (χ0n) is 11.8. The van der Waals surface area contributed by atoms with Gasteiger partial charge in [-0.3, -0.25) is 4.79 Å². The van der Waals surface area contributed by atoms with Gasteiger partial charge in [-0.2, -0.15) is 0 Å². The molecule has 1 aliphatic heterocycles. The number of carbonyl (C=O) groups is 1. The normalized spacial score (nSPS) is 14.1. The summed E-state index contributed by atoms with van der Waals surface area (Å²) in [5.41, 5.74) is 2.40. The molecule has 1 aliphatic rings. The second-order valence-corrected chi connectivity index (χ2v) is 4.97. The zero-order chi connectivity index (χ0) is 13.7. The molecule has 2 heterocycles. The Bertz CT molecular complexity index is 446. The van der Waals surface area contributed by atoms with Crippen LogP contribution in [0.1, 0.15) is 37.4 Å². The van der Waals surface area contributed by atoms with Gasteiger partial charge < -0.3 is 9.64 Å². The van der Waals surface area contributed by atoms with E-state index in [9.17, 15) is 4.79 Å². The highest BCUT2D eigenvalue weighted by Gasteiger charge is 2.15. The number of anilines is 1. The average Bonchev–Trinajstić information content (AvgIpc) is 2.40. The first kappa shape index (κ1) is 13.8. The number of esters is 1. The number of aromatic nitrogens is 1. The van der Waals surface area contributed by atoms with Crippen molar-refractivity contribution in [2.45, 2.75) is 39.0 Å². The standard InChI is InChI=1S/C15H22N2O2/c1-3-19-14(18)8-4-7-13-10-9-12-6-5-11-17(2)15(12)16-13/h9-10H,3-8,11H2,1-2H3. The number of rotatable bonds is 5. The maximum Gasteiger partial charge on any atom is 0.305 e. The Morgan fingerprint density at radius 2 is 2.32 bits per heavy atom. The van der Waals surface area contributed by atoms with Crippen molar-refractivity contribution in [3.05, 3.63) is 23.4 Å². The van der Waals surface area contributed by atoms with Gasteiger partial charge in [-0.25, -0.2) is 4.98 Å². The first-order valence-corrected chi connectivity index (χ1v) is 7.06. The summed E-state index contributed by atoms with van der Waals surface area (Å²) in [6, 6.07) is 4.26. The Labute approximate surface area is 114 Å². The van der Waals surface area contributed by atoms with Crippen LogP contribution in [0.4, 0.5) is 5.82 Å². The van der Waals surface area contributed by atoms with Gasteiger partial charge >= 0.3 is 5.97 Å². The summed E-state index contributed by atoms with van der Waals surface area (Å²) in [7, 11) is 2.09. The molecule has 0 amide bonds. The van der Waals surface area contributed by atoms with E-state index in [2.05, 4.69) is 24.1 Å². The second-order valence-electron chi connectivity index (χ2n) is 4.97. The summed E-state index contributed by atoms with van der Waals surface area (Å²) in [5, 5.41) is 0. The van der Waals surface area contributed by atoms with Gasteiger partial charge in [0.05, 0.1) is 6.61 Å². The molecule has 0 aliphatic carbocycles. The van der Waals surface area contributed by atoms with Gasteiger partial charge in [0.2, 0.25) is 0 Å². The molecule has 0 atom stereocenters. The number of aryl methyl sites for hydroxylation is 2. The van der Waals surface area contributed by atoms with Gasteiger partial charge in [0.1, 0.15) is 5.82 Å². The number of hydrogen-bond acceptors (Lipinski definition) is 4. The van der Waals surface area contributed by atoms with Gasteiger partial charge in [-0.15, -0.1) is 0 Å². The molecule has 4 heteroatoms. The summed E-state index contributed by atoms with van der Waals surface area (Å²) in [4.78, 5) is 18.2. The minimum absolute atomic E-state index is 0.113. The highest BCUT2D eigenvalue weighted by Crippen LogP contribution is 2.24. The molecule has 1 aromatic heterocycles. The lowest BCUT2D eigenvalue weighted by Gasteiger charge is -2.26. The van der Waals surface area contributed by atoms with Crippen LogP contribution in [0, 0.1) is 0 Å². The lowest BCUT2D eigenvalue weighted by molar-refractivity contribution is -0.143. The first-order valence-electron chi connectivity index (χ1n) is 7.06. The van der Waals surface area contributed by atoms with E-state index in [0.717, 1.165) is 37.3 Å². The number of ether oxygens (including phenoxy) is 1. The van der Waals surface area contributed by atoms with Crippen LogP contribution in [0.2, 0.25) is 0 Å². The van der Waals surface area contributed by atoms with Crippen molar-refractivity contribution in [2.75, 3.05) is 25.1 Å². The third-order valence-corrected chi connectivity index (χ3v) is 3.43. The summed E-state index contributed by atoms with van der Waals surface area (Å²) in [6.07, 6.45) is 4.43. The SMILES string of the molecule is CCOC(=O)CCCc1ccc2c(n1)N(C)CCC2. The molecule has 19 heavy (non-hydrogen) atoms. The molecule has 0 bridgehead atoms. The molecule has 0 radical (unpaired) electrons. The molecular weight excluding hydrogens is 240 g/mol. The van der Waals surface area contributed by atoms with E-state index in [1.165, 1.54) is 12.0 Å². The highest BCUT2D eigenvalue weighted by molar-refractivity contribution is 5.69. The molecular formula is C15H22N2O2. The van der Waals surface area contributed by atoms with Crippen LogP contribution in [0.15, 0.2) is 12.1 Å². The zero-order valence-corrected chi connectivity index (χ0v) is 11.8. The topological polar surface area (TPSA) is 42.4 Å². The van der Waals surface area contributed by atoms with Crippen LogP contribution in [-0.4, -0.2) is 31.2 Å². The number of nitrogens with zero attached hydrogens (tertiary/aromatic N) is 2. The van der Waals surface area contributed by atoms with Crippen molar-refractivity contribution in [3.63, 3.8) is 0 Å². The Morgan fingerprint density at radius 3 is 3.11 bits per heavy atom. The molecule has 0 spiro atoms. The summed E-state index contributed by atoms with van der Waals surface area (Å²) < 4.78 is 4.92. The van der Waals surface area contributed by atoms with Crippen molar-refractivity contribution < 1.29 is 9.53 Å². The smallest absolute Gasteiger partial charge is 0.305 e. The monoisotopic (exact) mass is 262 g/mol. The van der Waals surface area contributed by atoms with Crippen LogP contribution in [-0.2, 0) is 22.4 Å². The Kier molecular flexibility index (Phi) is 4.77. The van der Waals surface area contributed by atoms with Crippen molar-refractivity contribution in [1.29, 1.82) is 0 Å². The van der Waals surface area contributed by atoms with Crippen LogP contribution in [0.3, 0.4) is 0 Å². The maximum atomic E-state index is 11.3. The van der Waals surface area contributed by atoms with E-state index in [0.29, 0.717) is 13.0 Å². The minimum atomic E-state index is -0.113. The van der Waals surface area contributed by atoms with Crippen molar-refractivity contribution in [1.82, 2.24) is 4.98 Å². The molecule has 1 aromatic rings. The Morgan fingerprint density at radius 1 is 1.47 bits per heavy atom. The molecule has 2 rings (SSSR count). The van der Waals surface area contributed by atoms with Crippen LogP contribution in [0.5, 0.6) is 0 Å². The van der Waals surface area contributed by atoms with Gasteiger partial charge in [0, 0.05) is 25.7 Å². The molecule has 0 aromatic carbocycles. The molecule has 104 valence electrons. The number of pyridine rings is 1. The average molecular weight is 262 g/mol. The lowest BCUT2D eigenvalue weighted by Crippen LogP contribution is -2.26. The maximum absolute atomic E-state index is 11.3. The minimum Gasteiger partial charge on any atom is -0.466 e. The van der Waals surface area contributed by atoms with E-state index in [1.807, 2.05) is 6.92 Å². The van der Waals surface area contributed by atoms with Crippen molar-refractivity contribution in [3.8, 4) is 0 Å². The van der Waals surface area contributed by atoms with E-state index >= 15 is 0 Å². The summed E-state index contributed by atoms with van der Waals surface area (Å²) in [5.74, 6) is 0.998. The van der Waals surface area contributed by atoms with E-state index < -0.39 is 0 Å². The van der Waals surface area contributed by atoms with Crippen molar-refractivity contribution >= 4 is 11.8 Å². The van der Waals surface area contributed by atoms with E-state index in [-0.39, 0.29) is 5.97 Å². The molecule has 0 saturated carbocycles. The number of fused-ring (bicyclic) bond motifs is 1. The third-order valence-electron chi connectivity index (χ3n) is 3.43. The number of hydrogen-bond donors (Lipinski definition) is 0. The summed E-state index contributed by atoms with van der Waals surface area (Å²) >= 11 is 0. The predicted octanol–water partition coefficient (Wildman–Crippen LogP) is 2.35. The molecule has 0 saturated heterocycles. The van der Waals surface area contributed by atoms with E-state index in [1.54, 1.807) is 0 Å². The fourth-order valence-electron chi connectivity index (χ4n) is 2.44. The lowest BCUT2D eigenvalue weighted by atomic mass is 10.0. The predicted molar refractivity (Wildman–Crippen MR) is 75.4 cm³/mol. The molecule has 0 fully saturated rings. The van der Waals surface area contributed by atoms with Gasteiger partial charge in [0.15, 0.2) is 0 Å². The molecule has 0 N–H and O–H groups in total. The van der Waals surface area contributed by atoms with Crippen molar-refractivity contribution in [2.24, 2.45) is 0 Å². The third kappa shape index (κ3) is 3.69. The summed E-state index contributed by atoms with van der Waals surface area (Å²) in [6.45, 7) is 3.37. The molecule has 4 nitrogen and oxygen atoms in total. The quantitative estimate of drug-likeness (QED) is 0.764. The Balaban J connectivity index is 1.91. The fourth-order valence-corrected chi connectivity index (χ4v) is 2.44. The Hall–Kier alpha value is -1.58. The molecule has 0 unspecified atom stereocenters. The van der Waals surface area contributed by atoms with Gasteiger partial charge in [-0.05, 0) is 44.2 Å². The highest BCUT2D eigenvalue weighted by atomic mass is 16.5. The van der Waals surface area contributed by atoms with Crippen LogP contribution in [0.25, 0.3) is 0 Å². The number of carbonyl (C=O) groups excluding carboxylic acids is 1. The first-order chi connectivity index (χ1) is 9.20. The van der Waals surface area contributed by atoms with Gasteiger partial charge in [-0.1, -0.05) is 6.07 Å². The largest absolute Gasteiger partial charge is 0.466 e. The second kappa shape index (κ2) is 6.55. The van der Waals surface area contributed by atoms with E-state index in [4.69, 9.17) is 9.72 Å². The van der Waals surface area contributed by atoms with Gasteiger partial charge in [0.25, 0.3) is 0 Å². The fraction of sp³-hybridized carbons (Fsp3) is 0.600.